The number of hydrogen-bond donors (Lipinski definition) is 1. The quantitative estimate of drug-likeness (QED) is 0.258. The molecule has 2 amide bonds. The Bertz CT molecular complexity index is 1650. The van der Waals surface area contributed by atoms with E-state index in [9.17, 15) is 14.7 Å². The van der Waals surface area contributed by atoms with Crippen molar-refractivity contribution in [2.75, 3.05) is 37.6 Å². The summed E-state index contributed by atoms with van der Waals surface area (Å²) in [5, 5.41) is 9.61. The lowest BCUT2D eigenvalue weighted by molar-refractivity contribution is -0.276. The van der Waals surface area contributed by atoms with E-state index < -0.39 is 6.29 Å². The van der Waals surface area contributed by atoms with Crippen molar-refractivity contribution < 1.29 is 24.2 Å². The lowest BCUT2D eigenvalue weighted by Crippen LogP contribution is -2.51. The second kappa shape index (κ2) is 13.3. The van der Waals surface area contributed by atoms with Crippen LogP contribution in [0.1, 0.15) is 62.3 Å². The number of aliphatic hydroxyl groups is 1. The Labute approximate surface area is 269 Å². The molecule has 0 spiro atoms. The second-order valence-corrected chi connectivity index (χ2v) is 12.5. The maximum Gasteiger partial charge on any atom is 0.266 e. The van der Waals surface area contributed by atoms with Crippen molar-refractivity contribution in [1.82, 2.24) is 9.80 Å². The highest BCUT2D eigenvalue weighted by Crippen LogP contribution is 2.43. The molecule has 4 aromatic rings. The predicted molar refractivity (Wildman–Crippen MR) is 175 cm³/mol. The third kappa shape index (κ3) is 6.15. The van der Waals surface area contributed by atoms with Gasteiger partial charge in [-0.05, 0) is 41.0 Å². The number of fused-ring (bicyclic) bond motifs is 1. The van der Waals surface area contributed by atoms with Gasteiger partial charge in [0.15, 0.2) is 6.29 Å². The van der Waals surface area contributed by atoms with Crippen LogP contribution in [0.4, 0.5) is 5.69 Å². The Kier molecular flexibility index (Phi) is 8.80. The minimum Gasteiger partial charge on any atom is -0.392 e. The number of hydrogen-bond acceptors (Lipinski definition) is 7. The highest BCUT2D eigenvalue weighted by atomic mass is 16.7. The maximum absolute atomic E-state index is 13.2. The summed E-state index contributed by atoms with van der Waals surface area (Å²) in [5.41, 5.74) is 5.25. The third-order valence-electron chi connectivity index (χ3n) is 9.47. The monoisotopic (exact) mass is 617 g/mol. The number of carbonyl (C=O) groups is 2. The van der Waals surface area contributed by atoms with E-state index in [2.05, 4.69) is 47.1 Å². The van der Waals surface area contributed by atoms with Crippen molar-refractivity contribution in [2.24, 2.45) is 5.92 Å². The molecule has 8 heteroatoms. The van der Waals surface area contributed by atoms with E-state index in [1.807, 2.05) is 42.5 Å². The number of rotatable bonds is 8. The van der Waals surface area contributed by atoms with Crippen molar-refractivity contribution in [3.63, 3.8) is 0 Å². The number of nitrogens with zero attached hydrogens (tertiary/aromatic N) is 3. The molecule has 1 N–H and O–H groups in total. The lowest BCUT2D eigenvalue weighted by Gasteiger charge is -2.44. The molecule has 0 radical (unpaired) electrons. The first-order valence-corrected chi connectivity index (χ1v) is 16.1. The molecule has 0 bridgehead atoms. The molecule has 7 rings (SSSR count). The number of piperazine rings is 1. The molecule has 0 aromatic heterocycles. The van der Waals surface area contributed by atoms with Gasteiger partial charge in [-0.1, -0.05) is 85.8 Å². The number of amides is 2. The van der Waals surface area contributed by atoms with Crippen LogP contribution in [0.15, 0.2) is 103 Å². The smallest absolute Gasteiger partial charge is 0.266 e. The van der Waals surface area contributed by atoms with E-state index >= 15 is 0 Å². The number of benzene rings is 4. The predicted octanol–water partition coefficient (Wildman–Crippen LogP) is 5.59. The largest absolute Gasteiger partial charge is 0.392 e. The Morgan fingerprint density at radius 2 is 1.35 bits per heavy atom. The fraction of sp³-hybridized carbons (Fsp3) is 0.316. The van der Waals surface area contributed by atoms with Gasteiger partial charge in [0.25, 0.3) is 11.8 Å². The summed E-state index contributed by atoms with van der Waals surface area (Å²) in [4.78, 5) is 32.7. The molecule has 4 atom stereocenters. The van der Waals surface area contributed by atoms with Crippen LogP contribution >= 0.6 is 0 Å². The van der Waals surface area contributed by atoms with Crippen LogP contribution in [0.25, 0.3) is 0 Å². The van der Waals surface area contributed by atoms with Crippen molar-refractivity contribution in [3.05, 3.63) is 137 Å². The summed E-state index contributed by atoms with van der Waals surface area (Å²) in [5.74, 6) is -0.607. The molecule has 3 heterocycles. The summed E-state index contributed by atoms with van der Waals surface area (Å²) in [7, 11) is 0. The standard InChI is InChI=1S/C38H39N3O5/c1-26-34(24-40-20-18-39(19-21-40)23-27-8-3-2-4-9-27)45-38(46-35(26)29-16-14-28(25-42)15-17-29)30-10-7-11-31(22-30)41-36(43)32-12-5-6-13-33(32)37(41)44/h2-17,22,26,34-35,38,42H,18-21,23-25H2,1H3/t26-,34+,35+,38+/m1/s1. The van der Waals surface area contributed by atoms with Crippen LogP contribution in [-0.4, -0.2) is 65.5 Å². The normalized spacial score (nSPS) is 23.9. The number of aliphatic hydroxyl groups excluding tert-OH is 1. The van der Waals surface area contributed by atoms with Crippen LogP contribution in [0.2, 0.25) is 0 Å². The second-order valence-electron chi connectivity index (χ2n) is 12.5. The Hall–Kier alpha value is -4.18. The van der Waals surface area contributed by atoms with E-state index in [1.165, 1.54) is 10.5 Å². The summed E-state index contributed by atoms with van der Waals surface area (Å²) in [6.45, 7) is 7.77. The fourth-order valence-corrected chi connectivity index (χ4v) is 6.79. The molecule has 2 fully saturated rings. The van der Waals surface area contributed by atoms with E-state index in [0.717, 1.165) is 56.0 Å². The minimum atomic E-state index is -0.696. The van der Waals surface area contributed by atoms with Gasteiger partial charge in [0.05, 0.1) is 35.6 Å². The van der Waals surface area contributed by atoms with Gasteiger partial charge in [0, 0.05) is 50.7 Å². The van der Waals surface area contributed by atoms with Crippen LogP contribution in [0.3, 0.4) is 0 Å². The number of carbonyl (C=O) groups excluding carboxylic acids is 2. The number of ether oxygens (including phenoxy) is 2. The summed E-state index contributed by atoms with van der Waals surface area (Å²) >= 11 is 0. The summed E-state index contributed by atoms with van der Waals surface area (Å²) in [6.07, 6.45) is -1.07. The van der Waals surface area contributed by atoms with Crippen molar-refractivity contribution in [2.45, 2.75) is 38.6 Å². The van der Waals surface area contributed by atoms with Crippen molar-refractivity contribution in [3.8, 4) is 0 Å². The first-order valence-electron chi connectivity index (χ1n) is 16.1. The molecule has 4 aromatic carbocycles. The first kappa shape index (κ1) is 30.5. The van der Waals surface area contributed by atoms with Crippen molar-refractivity contribution >= 4 is 17.5 Å². The van der Waals surface area contributed by atoms with E-state index in [0.29, 0.717) is 16.8 Å². The molecule has 46 heavy (non-hydrogen) atoms. The maximum atomic E-state index is 13.2. The molecule has 0 unspecified atom stereocenters. The van der Waals surface area contributed by atoms with Gasteiger partial charge in [-0.15, -0.1) is 0 Å². The summed E-state index contributed by atoms with van der Waals surface area (Å²) < 4.78 is 13.4. The first-order chi connectivity index (χ1) is 22.5. The van der Waals surface area contributed by atoms with E-state index in [-0.39, 0.29) is 36.5 Å². The highest BCUT2D eigenvalue weighted by Gasteiger charge is 2.41. The van der Waals surface area contributed by atoms with Crippen LogP contribution in [0, 0.1) is 5.92 Å². The molecule has 3 aliphatic heterocycles. The van der Waals surface area contributed by atoms with Gasteiger partial charge in [-0.2, -0.15) is 0 Å². The van der Waals surface area contributed by atoms with Gasteiger partial charge in [0.1, 0.15) is 0 Å². The summed E-state index contributed by atoms with van der Waals surface area (Å²) in [6, 6.07) is 32.8. The van der Waals surface area contributed by atoms with Crippen LogP contribution in [0.5, 0.6) is 0 Å². The van der Waals surface area contributed by atoms with Gasteiger partial charge in [-0.25, -0.2) is 4.90 Å². The average Bonchev–Trinajstić information content (AvgIpc) is 3.36. The molecule has 3 aliphatic rings. The zero-order valence-electron chi connectivity index (χ0n) is 26.0. The van der Waals surface area contributed by atoms with E-state index in [4.69, 9.17) is 9.47 Å². The van der Waals surface area contributed by atoms with Gasteiger partial charge in [-0.3, -0.25) is 19.4 Å². The number of anilines is 1. The molecular weight excluding hydrogens is 578 g/mol. The van der Waals surface area contributed by atoms with Crippen LogP contribution < -0.4 is 4.90 Å². The van der Waals surface area contributed by atoms with Crippen molar-refractivity contribution in [1.29, 1.82) is 0 Å². The molecule has 0 saturated carbocycles. The Balaban J connectivity index is 1.11. The Morgan fingerprint density at radius 1 is 0.696 bits per heavy atom. The zero-order valence-corrected chi connectivity index (χ0v) is 26.0. The van der Waals surface area contributed by atoms with Gasteiger partial charge in [0.2, 0.25) is 0 Å². The zero-order chi connectivity index (χ0) is 31.6. The topological polar surface area (TPSA) is 82.6 Å². The van der Waals surface area contributed by atoms with E-state index in [1.54, 1.807) is 30.3 Å². The number of imide groups is 1. The van der Waals surface area contributed by atoms with Gasteiger partial charge >= 0.3 is 0 Å². The molecule has 236 valence electrons. The Morgan fingerprint density at radius 3 is 2.02 bits per heavy atom. The SMILES string of the molecule is C[C@@H]1[C@H](CN2CCN(Cc3ccccc3)CC2)O[C@H](c2cccc(N3C(=O)c4ccccc4C3=O)c2)O[C@@H]1c1ccc(CO)cc1. The highest BCUT2D eigenvalue weighted by molar-refractivity contribution is 6.34. The van der Waals surface area contributed by atoms with Crippen LogP contribution in [-0.2, 0) is 22.6 Å². The third-order valence-corrected chi connectivity index (χ3v) is 9.47. The fourth-order valence-electron chi connectivity index (χ4n) is 6.79. The molecule has 2 saturated heterocycles. The minimum absolute atomic E-state index is 0.0173. The average molecular weight is 618 g/mol. The molecule has 8 nitrogen and oxygen atoms in total. The lowest BCUT2D eigenvalue weighted by atomic mass is 9.90. The molecular formula is C38H39N3O5. The van der Waals surface area contributed by atoms with Gasteiger partial charge < -0.3 is 14.6 Å². The molecule has 0 aliphatic carbocycles.